The number of carbonyl (C=O) groups is 1. The van der Waals surface area contributed by atoms with Gasteiger partial charge in [-0.3, -0.25) is 0 Å². The fourth-order valence-electron chi connectivity index (χ4n) is 1.70. The lowest BCUT2D eigenvalue weighted by atomic mass is 10.5. The number of H-pyrrole nitrogens is 1. The standard InChI is InChI=1S/C12H18N6O/c1-9-6-14-10(16-9)8-18(3)12(19)15-7-11-13-4-5-17(11)2/h4-6H,7-8H2,1-3H3,(H,14,16)(H,15,19). The third-order valence-corrected chi connectivity index (χ3v) is 2.81. The normalized spacial score (nSPS) is 10.5. The van der Waals surface area contributed by atoms with Gasteiger partial charge < -0.3 is 19.8 Å². The molecule has 2 heterocycles. The number of aromatic nitrogens is 4. The lowest BCUT2D eigenvalue weighted by Gasteiger charge is -2.16. The first kappa shape index (κ1) is 13.1. The van der Waals surface area contributed by atoms with Crippen LogP contribution >= 0.6 is 0 Å². The Morgan fingerprint density at radius 2 is 2.32 bits per heavy atom. The molecule has 0 fully saturated rings. The maximum absolute atomic E-state index is 11.9. The Balaban J connectivity index is 1.84. The molecule has 2 rings (SSSR count). The third kappa shape index (κ3) is 3.34. The molecule has 0 atom stereocenters. The van der Waals surface area contributed by atoms with Crippen LogP contribution in [0.3, 0.4) is 0 Å². The van der Waals surface area contributed by atoms with Gasteiger partial charge in [0.25, 0.3) is 0 Å². The topological polar surface area (TPSA) is 78.8 Å². The molecule has 0 aliphatic heterocycles. The number of nitrogens with one attached hydrogen (secondary N) is 2. The van der Waals surface area contributed by atoms with Gasteiger partial charge in [0.15, 0.2) is 0 Å². The van der Waals surface area contributed by atoms with E-state index < -0.39 is 0 Å². The molecule has 0 saturated heterocycles. The van der Waals surface area contributed by atoms with Crippen LogP contribution in [0.1, 0.15) is 17.3 Å². The summed E-state index contributed by atoms with van der Waals surface area (Å²) >= 11 is 0. The van der Waals surface area contributed by atoms with E-state index in [0.29, 0.717) is 13.1 Å². The lowest BCUT2D eigenvalue weighted by molar-refractivity contribution is 0.205. The first-order valence-corrected chi connectivity index (χ1v) is 6.02. The lowest BCUT2D eigenvalue weighted by Crippen LogP contribution is -2.37. The quantitative estimate of drug-likeness (QED) is 0.855. The predicted molar refractivity (Wildman–Crippen MR) is 70.2 cm³/mol. The SMILES string of the molecule is Cc1cnc(CN(C)C(=O)NCc2nccn2C)[nH]1. The van der Waals surface area contributed by atoms with Crippen LogP contribution in [0, 0.1) is 6.92 Å². The zero-order valence-corrected chi connectivity index (χ0v) is 11.3. The Labute approximate surface area is 111 Å². The van der Waals surface area contributed by atoms with Crippen LogP contribution in [0.5, 0.6) is 0 Å². The van der Waals surface area contributed by atoms with Gasteiger partial charge in [-0.25, -0.2) is 14.8 Å². The van der Waals surface area contributed by atoms with E-state index >= 15 is 0 Å². The molecule has 0 saturated carbocycles. The highest BCUT2D eigenvalue weighted by molar-refractivity contribution is 5.73. The van der Waals surface area contributed by atoms with Crippen molar-refractivity contribution in [2.24, 2.45) is 7.05 Å². The predicted octanol–water partition coefficient (Wildman–Crippen LogP) is 0.793. The van der Waals surface area contributed by atoms with Gasteiger partial charge in [-0.1, -0.05) is 0 Å². The first-order chi connectivity index (χ1) is 9.06. The molecule has 0 spiro atoms. The summed E-state index contributed by atoms with van der Waals surface area (Å²) in [5.41, 5.74) is 0.983. The minimum absolute atomic E-state index is 0.156. The number of urea groups is 1. The number of rotatable bonds is 4. The summed E-state index contributed by atoms with van der Waals surface area (Å²) in [6, 6.07) is -0.156. The van der Waals surface area contributed by atoms with Crippen LogP contribution in [0.25, 0.3) is 0 Å². The van der Waals surface area contributed by atoms with Gasteiger partial charge in [-0.2, -0.15) is 0 Å². The molecule has 0 radical (unpaired) electrons. The van der Waals surface area contributed by atoms with Crippen molar-refractivity contribution in [1.29, 1.82) is 0 Å². The smallest absolute Gasteiger partial charge is 0.317 e. The average molecular weight is 262 g/mol. The van der Waals surface area contributed by atoms with Crippen LogP contribution in [0.4, 0.5) is 4.79 Å². The summed E-state index contributed by atoms with van der Waals surface area (Å²) in [5.74, 6) is 1.59. The second-order valence-corrected chi connectivity index (χ2v) is 4.48. The van der Waals surface area contributed by atoms with Gasteiger partial charge in [-0.05, 0) is 6.92 Å². The van der Waals surface area contributed by atoms with E-state index in [0.717, 1.165) is 17.3 Å². The monoisotopic (exact) mass is 262 g/mol. The van der Waals surface area contributed by atoms with E-state index in [2.05, 4.69) is 20.3 Å². The minimum Gasteiger partial charge on any atom is -0.345 e. The van der Waals surface area contributed by atoms with Crippen LogP contribution in [-0.2, 0) is 20.1 Å². The largest absolute Gasteiger partial charge is 0.345 e. The van der Waals surface area contributed by atoms with E-state index in [4.69, 9.17) is 0 Å². The Hall–Kier alpha value is -2.31. The van der Waals surface area contributed by atoms with Gasteiger partial charge in [0.05, 0.1) is 13.1 Å². The van der Waals surface area contributed by atoms with E-state index in [9.17, 15) is 4.79 Å². The van der Waals surface area contributed by atoms with E-state index in [-0.39, 0.29) is 6.03 Å². The minimum atomic E-state index is -0.156. The highest BCUT2D eigenvalue weighted by Crippen LogP contribution is 2.00. The van der Waals surface area contributed by atoms with Gasteiger partial charge in [0.1, 0.15) is 11.6 Å². The number of hydrogen-bond acceptors (Lipinski definition) is 3. The van der Waals surface area contributed by atoms with Crippen molar-refractivity contribution < 1.29 is 4.79 Å². The summed E-state index contributed by atoms with van der Waals surface area (Å²) in [4.78, 5) is 24.9. The number of aryl methyl sites for hydroxylation is 2. The Bertz CT molecular complexity index is 558. The number of carbonyl (C=O) groups excluding carboxylic acids is 1. The van der Waals surface area contributed by atoms with Gasteiger partial charge in [0, 0.05) is 38.4 Å². The van der Waals surface area contributed by atoms with Gasteiger partial charge in [0.2, 0.25) is 0 Å². The number of nitrogens with zero attached hydrogens (tertiary/aromatic N) is 4. The molecule has 0 aliphatic rings. The van der Waals surface area contributed by atoms with Crippen molar-refractivity contribution in [1.82, 2.24) is 29.7 Å². The van der Waals surface area contributed by atoms with Crippen molar-refractivity contribution in [3.05, 3.63) is 35.9 Å². The van der Waals surface area contributed by atoms with E-state index in [1.165, 1.54) is 0 Å². The molecule has 19 heavy (non-hydrogen) atoms. The molecule has 0 aliphatic carbocycles. The van der Waals surface area contributed by atoms with Crippen LogP contribution in [-0.4, -0.2) is 37.5 Å². The second kappa shape index (κ2) is 5.55. The second-order valence-electron chi connectivity index (χ2n) is 4.48. The zero-order chi connectivity index (χ0) is 13.8. The molecule has 0 unspecified atom stereocenters. The molecular weight excluding hydrogens is 244 g/mol. The highest BCUT2D eigenvalue weighted by atomic mass is 16.2. The highest BCUT2D eigenvalue weighted by Gasteiger charge is 2.11. The molecule has 2 aromatic heterocycles. The number of hydrogen-bond donors (Lipinski definition) is 2. The first-order valence-electron chi connectivity index (χ1n) is 6.02. The average Bonchev–Trinajstić information content (AvgIpc) is 2.95. The van der Waals surface area contributed by atoms with Crippen molar-refractivity contribution in [3.63, 3.8) is 0 Å². The molecule has 2 amide bonds. The molecular formula is C12H18N6O. The zero-order valence-electron chi connectivity index (χ0n) is 11.3. The van der Waals surface area contributed by atoms with E-state index in [1.54, 1.807) is 24.3 Å². The Kier molecular flexibility index (Phi) is 3.84. The van der Waals surface area contributed by atoms with Crippen molar-refractivity contribution >= 4 is 6.03 Å². The Morgan fingerprint density at radius 1 is 1.53 bits per heavy atom. The van der Waals surface area contributed by atoms with Crippen LogP contribution in [0.2, 0.25) is 0 Å². The summed E-state index contributed by atoms with van der Waals surface area (Å²) in [5, 5.41) is 2.81. The fourth-order valence-corrected chi connectivity index (χ4v) is 1.70. The third-order valence-electron chi connectivity index (χ3n) is 2.81. The number of amides is 2. The van der Waals surface area contributed by atoms with Crippen molar-refractivity contribution in [2.75, 3.05) is 7.05 Å². The van der Waals surface area contributed by atoms with Gasteiger partial charge in [-0.15, -0.1) is 0 Å². The fraction of sp³-hybridized carbons (Fsp3) is 0.417. The number of aromatic amines is 1. The van der Waals surface area contributed by atoms with Crippen LogP contribution in [0.15, 0.2) is 18.6 Å². The molecule has 2 aromatic rings. The van der Waals surface area contributed by atoms with E-state index in [1.807, 2.05) is 24.7 Å². The summed E-state index contributed by atoms with van der Waals surface area (Å²) in [6.07, 6.45) is 5.29. The molecule has 0 aromatic carbocycles. The van der Waals surface area contributed by atoms with Crippen molar-refractivity contribution in [2.45, 2.75) is 20.0 Å². The summed E-state index contributed by atoms with van der Waals surface area (Å²) < 4.78 is 1.87. The summed E-state index contributed by atoms with van der Waals surface area (Å²) in [6.45, 7) is 2.78. The Morgan fingerprint density at radius 3 is 2.89 bits per heavy atom. The maximum Gasteiger partial charge on any atom is 0.317 e. The molecule has 102 valence electrons. The summed E-state index contributed by atoms with van der Waals surface area (Å²) in [7, 11) is 3.62. The van der Waals surface area contributed by atoms with Crippen LogP contribution < -0.4 is 5.32 Å². The number of imidazole rings is 2. The molecule has 2 N–H and O–H groups in total. The molecule has 0 bridgehead atoms. The maximum atomic E-state index is 11.9. The van der Waals surface area contributed by atoms with Crippen molar-refractivity contribution in [3.8, 4) is 0 Å². The molecule has 7 nitrogen and oxygen atoms in total. The van der Waals surface area contributed by atoms with Gasteiger partial charge >= 0.3 is 6.03 Å². The molecule has 7 heteroatoms.